The molecule has 4 nitrogen and oxygen atoms in total. The first-order valence-corrected chi connectivity index (χ1v) is 9.66. The number of alkyl halides is 1. The van der Waals surface area contributed by atoms with Crippen molar-refractivity contribution in [2.45, 2.75) is 19.8 Å². The second kappa shape index (κ2) is 7.24. The molecule has 0 saturated carbocycles. The zero-order valence-electron chi connectivity index (χ0n) is 11.7. The molecule has 2 rings (SSSR count). The topological polar surface area (TPSA) is 59.1 Å². The molecule has 1 heterocycles. The van der Waals surface area contributed by atoms with E-state index >= 15 is 0 Å². The summed E-state index contributed by atoms with van der Waals surface area (Å²) >= 11 is 6.83. The van der Waals surface area contributed by atoms with Crippen molar-refractivity contribution in [2.75, 3.05) is 16.4 Å². The molecule has 0 saturated heterocycles. The van der Waals surface area contributed by atoms with Gasteiger partial charge in [-0.1, -0.05) is 29.8 Å². The first-order valence-electron chi connectivity index (χ1n) is 6.59. The van der Waals surface area contributed by atoms with Crippen LogP contribution in [-0.4, -0.2) is 25.0 Å². The first kappa shape index (κ1) is 16.3. The molecule has 1 N–H and O–H groups in total. The van der Waals surface area contributed by atoms with Gasteiger partial charge >= 0.3 is 0 Å². The van der Waals surface area contributed by atoms with Crippen LogP contribution in [0.3, 0.4) is 0 Å². The molecule has 0 fully saturated rings. The van der Waals surface area contributed by atoms with E-state index in [1.54, 1.807) is 0 Å². The van der Waals surface area contributed by atoms with E-state index in [1.807, 2.05) is 36.6 Å². The Hall–Kier alpha value is -1.11. The van der Waals surface area contributed by atoms with E-state index in [1.165, 1.54) is 16.9 Å². The number of hydrogen-bond acceptors (Lipinski definition) is 4. The SMILES string of the molecule is Cc1ccc(-c2csc(NS(=O)(=O)CCCCCl)n2)cc1. The average Bonchev–Trinajstić information content (AvgIpc) is 2.87. The van der Waals surface area contributed by atoms with Gasteiger partial charge in [0.05, 0.1) is 11.4 Å². The number of benzene rings is 1. The lowest BCUT2D eigenvalue weighted by Crippen LogP contribution is -2.16. The number of unbranched alkanes of at least 4 members (excludes halogenated alkanes) is 1. The van der Waals surface area contributed by atoms with Crippen molar-refractivity contribution in [2.24, 2.45) is 0 Å². The number of nitrogens with one attached hydrogen (secondary N) is 1. The van der Waals surface area contributed by atoms with Crippen LogP contribution in [0.4, 0.5) is 5.13 Å². The molecule has 0 atom stereocenters. The van der Waals surface area contributed by atoms with E-state index in [2.05, 4.69) is 9.71 Å². The van der Waals surface area contributed by atoms with E-state index in [4.69, 9.17) is 11.6 Å². The Morgan fingerprint density at radius 3 is 2.62 bits per heavy atom. The molecule has 1 aromatic carbocycles. The quantitative estimate of drug-likeness (QED) is 0.612. The Labute approximate surface area is 134 Å². The van der Waals surface area contributed by atoms with Gasteiger partial charge in [-0.05, 0) is 19.8 Å². The number of sulfonamides is 1. The fourth-order valence-corrected chi connectivity index (χ4v) is 4.07. The van der Waals surface area contributed by atoms with Crippen molar-refractivity contribution >= 4 is 38.1 Å². The number of halogens is 1. The molecule has 114 valence electrons. The maximum atomic E-state index is 11.9. The summed E-state index contributed by atoms with van der Waals surface area (Å²) in [5.41, 5.74) is 2.93. The zero-order valence-corrected chi connectivity index (χ0v) is 14.1. The molecule has 0 aliphatic rings. The van der Waals surface area contributed by atoms with Gasteiger partial charge in [-0.15, -0.1) is 22.9 Å². The van der Waals surface area contributed by atoms with E-state index in [9.17, 15) is 8.42 Å². The number of hydrogen-bond donors (Lipinski definition) is 1. The van der Waals surface area contributed by atoms with Crippen molar-refractivity contribution < 1.29 is 8.42 Å². The Kier molecular flexibility index (Phi) is 5.61. The van der Waals surface area contributed by atoms with E-state index < -0.39 is 10.0 Å². The summed E-state index contributed by atoms with van der Waals surface area (Å²) in [4.78, 5) is 4.33. The van der Waals surface area contributed by atoms with Crippen LogP contribution >= 0.6 is 22.9 Å². The number of aromatic nitrogens is 1. The molecule has 1 aromatic heterocycles. The Morgan fingerprint density at radius 2 is 1.95 bits per heavy atom. The number of rotatable bonds is 7. The van der Waals surface area contributed by atoms with Crippen LogP contribution < -0.4 is 4.72 Å². The molecule has 2 aromatic rings. The van der Waals surface area contributed by atoms with Gasteiger partial charge in [0.25, 0.3) is 0 Å². The van der Waals surface area contributed by atoms with Crippen molar-refractivity contribution in [1.29, 1.82) is 0 Å². The minimum atomic E-state index is -3.34. The van der Waals surface area contributed by atoms with Gasteiger partial charge in [0.15, 0.2) is 5.13 Å². The molecule has 0 bridgehead atoms. The molecule has 0 amide bonds. The Morgan fingerprint density at radius 1 is 1.24 bits per heavy atom. The molecule has 21 heavy (non-hydrogen) atoms. The van der Waals surface area contributed by atoms with Crippen LogP contribution in [0.25, 0.3) is 11.3 Å². The van der Waals surface area contributed by atoms with Crippen LogP contribution in [0.2, 0.25) is 0 Å². The summed E-state index contributed by atoms with van der Waals surface area (Å²) in [6.07, 6.45) is 1.24. The van der Waals surface area contributed by atoms with Crippen molar-refractivity contribution in [3.05, 3.63) is 35.2 Å². The fraction of sp³-hybridized carbons (Fsp3) is 0.357. The highest BCUT2D eigenvalue weighted by molar-refractivity contribution is 7.92. The second-order valence-electron chi connectivity index (χ2n) is 4.72. The van der Waals surface area contributed by atoms with Gasteiger partial charge in [0.1, 0.15) is 0 Å². The van der Waals surface area contributed by atoms with Gasteiger partial charge in [-0.25, -0.2) is 13.4 Å². The molecule has 0 radical (unpaired) electrons. The van der Waals surface area contributed by atoms with Crippen LogP contribution in [0, 0.1) is 6.92 Å². The molecule has 7 heteroatoms. The van der Waals surface area contributed by atoms with Gasteiger partial charge in [-0.2, -0.15) is 0 Å². The minimum absolute atomic E-state index is 0.0686. The minimum Gasteiger partial charge on any atom is -0.259 e. The van der Waals surface area contributed by atoms with Crippen molar-refractivity contribution in [1.82, 2.24) is 4.98 Å². The predicted molar refractivity (Wildman–Crippen MR) is 89.7 cm³/mol. The number of nitrogens with zero attached hydrogens (tertiary/aromatic N) is 1. The number of thiazole rings is 1. The van der Waals surface area contributed by atoms with Crippen LogP contribution in [0.5, 0.6) is 0 Å². The van der Waals surface area contributed by atoms with Gasteiger partial charge in [0.2, 0.25) is 10.0 Å². The summed E-state index contributed by atoms with van der Waals surface area (Å²) in [7, 11) is -3.34. The van der Waals surface area contributed by atoms with Crippen LogP contribution in [-0.2, 0) is 10.0 Å². The maximum absolute atomic E-state index is 11.9. The molecule has 0 aliphatic heterocycles. The third-order valence-electron chi connectivity index (χ3n) is 2.89. The average molecular weight is 345 g/mol. The van der Waals surface area contributed by atoms with Gasteiger partial charge < -0.3 is 0 Å². The molecular weight excluding hydrogens is 328 g/mol. The lowest BCUT2D eigenvalue weighted by molar-refractivity contribution is 0.598. The molecule has 0 aliphatic carbocycles. The van der Waals surface area contributed by atoms with Crippen LogP contribution in [0.1, 0.15) is 18.4 Å². The summed E-state index contributed by atoms with van der Waals surface area (Å²) in [5, 5.41) is 2.25. The fourth-order valence-electron chi connectivity index (χ4n) is 1.75. The maximum Gasteiger partial charge on any atom is 0.234 e. The number of aryl methyl sites for hydroxylation is 1. The third kappa shape index (κ3) is 4.98. The zero-order chi connectivity index (χ0) is 15.3. The lowest BCUT2D eigenvalue weighted by Gasteiger charge is -2.04. The largest absolute Gasteiger partial charge is 0.259 e. The molecule has 0 spiro atoms. The Bertz CT molecular complexity index is 681. The summed E-state index contributed by atoms with van der Waals surface area (Å²) in [6, 6.07) is 7.96. The smallest absolute Gasteiger partial charge is 0.234 e. The first-order chi connectivity index (χ1) is 10.00. The van der Waals surface area contributed by atoms with Crippen molar-refractivity contribution in [3.63, 3.8) is 0 Å². The highest BCUT2D eigenvalue weighted by Gasteiger charge is 2.13. The van der Waals surface area contributed by atoms with E-state index in [0.29, 0.717) is 23.9 Å². The monoisotopic (exact) mass is 344 g/mol. The van der Waals surface area contributed by atoms with Crippen LogP contribution in [0.15, 0.2) is 29.6 Å². The second-order valence-corrected chi connectivity index (χ2v) is 7.80. The van der Waals surface area contributed by atoms with E-state index in [-0.39, 0.29) is 5.75 Å². The standard InChI is InChI=1S/C14H17ClN2O2S2/c1-11-4-6-12(7-5-11)13-10-20-14(16-13)17-21(18,19)9-3-2-8-15/h4-7,10H,2-3,8-9H2,1H3,(H,16,17). The number of anilines is 1. The van der Waals surface area contributed by atoms with Gasteiger partial charge in [0, 0.05) is 16.8 Å². The highest BCUT2D eigenvalue weighted by atomic mass is 35.5. The van der Waals surface area contributed by atoms with E-state index in [0.717, 1.165) is 11.3 Å². The predicted octanol–water partition coefficient (Wildman–Crippen LogP) is 3.88. The summed E-state index contributed by atoms with van der Waals surface area (Å²) in [6.45, 7) is 2.02. The highest BCUT2D eigenvalue weighted by Crippen LogP contribution is 2.25. The van der Waals surface area contributed by atoms with Crippen molar-refractivity contribution in [3.8, 4) is 11.3 Å². The molecular formula is C14H17ClN2O2S2. The summed E-state index contributed by atoms with van der Waals surface area (Å²) < 4.78 is 26.3. The lowest BCUT2D eigenvalue weighted by atomic mass is 10.1. The van der Waals surface area contributed by atoms with Gasteiger partial charge in [-0.3, -0.25) is 4.72 Å². The summed E-state index contributed by atoms with van der Waals surface area (Å²) in [5.74, 6) is 0.545. The Balaban J connectivity index is 2.04. The molecule has 0 unspecified atom stereocenters. The third-order valence-corrected chi connectivity index (χ3v) is 5.38. The normalized spacial score (nSPS) is 11.5.